The van der Waals surface area contributed by atoms with E-state index in [1.165, 1.54) is 17.4 Å². The predicted octanol–water partition coefficient (Wildman–Crippen LogP) is 4.49. The van der Waals surface area contributed by atoms with Crippen LogP contribution in [0.15, 0.2) is 59.4 Å². The van der Waals surface area contributed by atoms with Crippen molar-refractivity contribution in [1.29, 1.82) is 0 Å². The van der Waals surface area contributed by atoms with Gasteiger partial charge in [-0.3, -0.25) is 4.79 Å². The molecule has 0 fully saturated rings. The van der Waals surface area contributed by atoms with E-state index in [1.54, 1.807) is 23.5 Å². The summed E-state index contributed by atoms with van der Waals surface area (Å²) in [6.07, 6.45) is 5.09. The molecule has 0 atom stereocenters. The summed E-state index contributed by atoms with van der Waals surface area (Å²) in [5.41, 5.74) is 1.02. The Balaban J connectivity index is 1.99. The molecule has 3 aromatic rings. The van der Waals surface area contributed by atoms with Crippen LogP contribution in [-0.4, -0.2) is 17.1 Å². The smallest absolute Gasteiger partial charge is 0.272 e. The van der Waals surface area contributed by atoms with Crippen molar-refractivity contribution in [2.75, 3.05) is 6.61 Å². The molecule has 4 nitrogen and oxygen atoms in total. The van der Waals surface area contributed by atoms with Crippen molar-refractivity contribution in [1.82, 2.24) is 4.57 Å². The van der Waals surface area contributed by atoms with E-state index in [0.29, 0.717) is 18.0 Å². The van der Waals surface area contributed by atoms with Crippen LogP contribution >= 0.6 is 22.7 Å². The fourth-order valence-electron chi connectivity index (χ4n) is 2.37. The first-order valence-electron chi connectivity index (χ1n) is 7.88. The van der Waals surface area contributed by atoms with Gasteiger partial charge in [-0.1, -0.05) is 23.5 Å². The zero-order chi connectivity index (χ0) is 17.6. The predicted molar refractivity (Wildman–Crippen MR) is 105 cm³/mol. The quantitative estimate of drug-likeness (QED) is 0.474. The minimum absolute atomic E-state index is 0.275. The van der Waals surface area contributed by atoms with Gasteiger partial charge in [0.05, 0.1) is 16.8 Å². The van der Waals surface area contributed by atoms with E-state index in [0.717, 1.165) is 20.8 Å². The van der Waals surface area contributed by atoms with Crippen LogP contribution in [0.4, 0.5) is 0 Å². The van der Waals surface area contributed by atoms with Gasteiger partial charge in [-0.15, -0.1) is 17.9 Å². The highest BCUT2D eigenvalue weighted by molar-refractivity contribution is 7.16. The van der Waals surface area contributed by atoms with Crippen LogP contribution in [0.25, 0.3) is 16.3 Å². The highest BCUT2D eigenvalue weighted by Crippen LogP contribution is 2.23. The summed E-state index contributed by atoms with van der Waals surface area (Å²) in [4.78, 5) is 18.2. The maximum absolute atomic E-state index is 12.2. The third-order valence-corrected chi connectivity index (χ3v) is 5.29. The molecule has 0 aliphatic heterocycles. The zero-order valence-corrected chi connectivity index (χ0v) is 15.5. The summed E-state index contributed by atoms with van der Waals surface area (Å²) in [6, 6.07) is 9.81. The Bertz CT molecular complexity index is 979. The monoisotopic (exact) mass is 370 g/mol. The Morgan fingerprint density at radius 1 is 1.40 bits per heavy atom. The minimum atomic E-state index is -0.275. The second-order valence-corrected chi connectivity index (χ2v) is 7.13. The number of rotatable bonds is 6. The van der Waals surface area contributed by atoms with Crippen molar-refractivity contribution in [3.8, 4) is 5.75 Å². The minimum Gasteiger partial charge on any atom is -0.494 e. The molecule has 2 heterocycles. The van der Waals surface area contributed by atoms with E-state index in [2.05, 4.69) is 11.6 Å². The highest BCUT2D eigenvalue weighted by Gasteiger charge is 2.07. The molecule has 6 heteroatoms. The summed E-state index contributed by atoms with van der Waals surface area (Å²) < 4.78 is 8.57. The highest BCUT2D eigenvalue weighted by atomic mass is 32.1. The lowest BCUT2D eigenvalue weighted by Gasteiger charge is -2.03. The number of fused-ring (bicyclic) bond motifs is 1. The van der Waals surface area contributed by atoms with Crippen LogP contribution in [0.1, 0.15) is 11.8 Å². The van der Waals surface area contributed by atoms with E-state index >= 15 is 0 Å². The standard InChI is InChI=1S/C19H18N2O2S2/c1-3-11-21-16-9-7-14(23-4-2)13-17(16)25-19(21)20-18(22)10-8-15-6-5-12-24-15/h3,5-10,12-13H,1,4,11H2,2H3/b10-8+,20-19?. The second-order valence-electron chi connectivity index (χ2n) is 5.15. The first kappa shape index (κ1) is 17.4. The van der Waals surface area contributed by atoms with Gasteiger partial charge in [0.25, 0.3) is 5.91 Å². The number of nitrogens with zero attached hydrogens (tertiary/aromatic N) is 2. The molecule has 1 amide bonds. The van der Waals surface area contributed by atoms with E-state index in [1.807, 2.05) is 47.2 Å². The van der Waals surface area contributed by atoms with Gasteiger partial charge in [-0.05, 0) is 42.6 Å². The lowest BCUT2D eigenvalue weighted by atomic mass is 10.3. The van der Waals surface area contributed by atoms with E-state index in [4.69, 9.17) is 4.74 Å². The Morgan fingerprint density at radius 3 is 3.00 bits per heavy atom. The molecule has 0 aliphatic carbocycles. The van der Waals surface area contributed by atoms with Gasteiger partial charge >= 0.3 is 0 Å². The molecule has 0 spiro atoms. The molecule has 0 saturated heterocycles. The summed E-state index contributed by atoms with van der Waals surface area (Å²) in [7, 11) is 0. The van der Waals surface area contributed by atoms with Crippen molar-refractivity contribution < 1.29 is 9.53 Å². The van der Waals surface area contributed by atoms with E-state index in [9.17, 15) is 4.79 Å². The van der Waals surface area contributed by atoms with Crippen LogP contribution < -0.4 is 9.54 Å². The Kier molecular flexibility index (Phi) is 5.63. The average Bonchev–Trinajstić information content (AvgIpc) is 3.22. The fraction of sp³-hybridized carbons (Fsp3) is 0.158. The maximum atomic E-state index is 12.2. The number of allylic oxidation sites excluding steroid dienone is 1. The average molecular weight is 370 g/mol. The molecule has 25 heavy (non-hydrogen) atoms. The van der Waals surface area contributed by atoms with Crippen molar-refractivity contribution >= 4 is 44.9 Å². The topological polar surface area (TPSA) is 43.6 Å². The molecule has 128 valence electrons. The molecule has 0 N–H and O–H groups in total. The summed E-state index contributed by atoms with van der Waals surface area (Å²) in [5.74, 6) is 0.542. The van der Waals surface area contributed by atoms with Crippen LogP contribution in [0.3, 0.4) is 0 Å². The van der Waals surface area contributed by atoms with Gasteiger partial charge in [-0.2, -0.15) is 4.99 Å². The van der Waals surface area contributed by atoms with Gasteiger partial charge in [0.1, 0.15) is 5.75 Å². The molecule has 3 rings (SSSR count). The number of carbonyl (C=O) groups is 1. The molecule has 0 saturated carbocycles. The van der Waals surface area contributed by atoms with Crippen molar-refractivity contribution in [2.45, 2.75) is 13.5 Å². The summed E-state index contributed by atoms with van der Waals surface area (Å²) >= 11 is 3.05. The van der Waals surface area contributed by atoms with Crippen LogP contribution in [-0.2, 0) is 11.3 Å². The lowest BCUT2D eigenvalue weighted by Crippen LogP contribution is -2.15. The van der Waals surface area contributed by atoms with Crippen molar-refractivity contribution in [2.24, 2.45) is 4.99 Å². The Hall–Kier alpha value is -2.44. The number of ether oxygens (including phenoxy) is 1. The van der Waals surface area contributed by atoms with Gasteiger partial charge < -0.3 is 9.30 Å². The normalized spacial score (nSPS) is 12.1. The third kappa shape index (κ3) is 4.15. The first-order chi connectivity index (χ1) is 12.2. The van der Waals surface area contributed by atoms with Crippen LogP contribution in [0.2, 0.25) is 0 Å². The molecule has 0 bridgehead atoms. The molecular weight excluding hydrogens is 352 g/mol. The molecule has 1 aromatic carbocycles. The van der Waals surface area contributed by atoms with Crippen LogP contribution in [0, 0.1) is 0 Å². The van der Waals surface area contributed by atoms with E-state index < -0.39 is 0 Å². The number of benzene rings is 1. The maximum Gasteiger partial charge on any atom is 0.272 e. The lowest BCUT2D eigenvalue weighted by molar-refractivity contribution is -0.113. The SMILES string of the molecule is C=CCn1c(=NC(=O)/C=C/c2cccs2)sc2cc(OCC)ccc21. The number of amides is 1. The van der Waals surface area contributed by atoms with Gasteiger partial charge in [0.15, 0.2) is 4.80 Å². The number of thiazole rings is 1. The van der Waals surface area contributed by atoms with Crippen LogP contribution in [0.5, 0.6) is 5.75 Å². The molecule has 0 aliphatic rings. The van der Waals surface area contributed by atoms with E-state index in [-0.39, 0.29) is 5.91 Å². The largest absolute Gasteiger partial charge is 0.494 e. The van der Waals surface area contributed by atoms with Gasteiger partial charge in [0, 0.05) is 17.5 Å². The summed E-state index contributed by atoms with van der Waals surface area (Å²) in [6.45, 7) is 6.96. The number of hydrogen-bond acceptors (Lipinski definition) is 4. The van der Waals surface area contributed by atoms with Crippen molar-refractivity contribution in [3.05, 3.63) is 64.1 Å². The summed E-state index contributed by atoms with van der Waals surface area (Å²) in [5, 5.41) is 1.97. The Labute approximate surface area is 154 Å². The molecular formula is C19H18N2O2S2. The number of thiophene rings is 1. The third-order valence-electron chi connectivity index (χ3n) is 3.42. The zero-order valence-electron chi connectivity index (χ0n) is 13.8. The molecule has 2 aromatic heterocycles. The Morgan fingerprint density at radius 2 is 2.28 bits per heavy atom. The van der Waals surface area contributed by atoms with Gasteiger partial charge in [-0.25, -0.2) is 0 Å². The first-order valence-corrected chi connectivity index (χ1v) is 9.58. The number of hydrogen-bond donors (Lipinski definition) is 0. The number of carbonyl (C=O) groups excluding carboxylic acids is 1. The molecule has 0 radical (unpaired) electrons. The molecule has 0 unspecified atom stereocenters. The van der Waals surface area contributed by atoms with Gasteiger partial charge in [0.2, 0.25) is 0 Å². The fourth-order valence-corrected chi connectivity index (χ4v) is 4.06. The van der Waals surface area contributed by atoms with Crippen molar-refractivity contribution in [3.63, 3.8) is 0 Å². The second kappa shape index (κ2) is 8.09. The number of aromatic nitrogens is 1.